The first-order chi connectivity index (χ1) is 9.31. The maximum Gasteiger partial charge on any atom is 0.234 e. The van der Waals surface area contributed by atoms with Gasteiger partial charge in [-0.15, -0.1) is 0 Å². The van der Waals surface area contributed by atoms with Crippen molar-refractivity contribution in [2.24, 2.45) is 5.73 Å². The van der Waals surface area contributed by atoms with Crippen LogP contribution in [-0.4, -0.2) is 36.5 Å². The Bertz CT molecular complexity index is 471. The molecule has 2 N–H and O–H groups in total. The van der Waals surface area contributed by atoms with Gasteiger partial charge in [0, 0.05) is 24.7 Å². The summed E-state index contributed by atoms with van der Waals surface area (Å²) in [6.45, 7) is 1.64. The number of rotatable bonds is 4. The molecule has 1 atom stereocenters. The smallest absolute Gasteiger partial charge is 0.234 e. The Hall–Kier alpha value is -1.55. The van der Waals surface area contributed by atoms with E-state index in [1.807, 2.05) is 29.2 Å². The maximum atomic E-state index is 12.7. The Morgan fingerprint density at radius 2 is 2.16 bits per heavy atom. The second kappa shape index (κ2) is 5.21. The van der Waals surface area contributed by atoms with Gasteiger partial charge in [-0.2, -0.15) is 0 Å². The van der Waals surface area contributed by atoms with Crippen molar-refractivity contribution in [1.82, 2.24) is 4.90 Å². The van der Waals surface area contributed by atoms with Gasteiger partial charge in [0.1, 0.15) is 18.3 Å². The molecule has 0 spiro atoms. The lowest BCUT2D eigenvalue weighted by Gasteiger charge is -2.38. The molecular weight excluding hydrogens is 240 g/mol. The molecule has 0 bridgehead atoms. The summed E-state index contributed by atoms with van der Waals surface area (Å²) in [6.07, 6.45) is 3.44. The highest BCUT2D eigenvalue weighted by Gasteiger charge is 2.37. The van der Waals surface area contributed by atoms with Crippen molar-refractivity contribution in [2.75, 3.05) is 19.7 Å². The number of para-hydroxylation sites is 1. The van der Waals surface area contributed by atoms with Crippen LogP contribution in [0.4, 0.5) is 0 Å². The number of carbonyl (C=O) groups is 1. The Morgan fingerprint density at radius 1 is 1.37 bits per heavy atom. The van der Waals surface area contributed by atoms with Crippen molar-refractivity contribution in [1.29, 1.82) is 0 Å². The minimum Gasteiger partial charge on any atom is -0.492 e. The van der Waals surface area contributed by atoms with E-state index < -0.39 is 0 Å². The Balaban J connectivity index is 1.79. The lowest BCUT2D eigenvalue weighted by Crippen LogP contribution is -2.48. The fourth-order valence-corrected chi connectivity index (χ4v) is 2.88. The summed E-state index contributed by atoms with van der Waals surface area (Å²) in [6, 6.07) is 8.22. The molecule has 1 amide bonds. The molecule has 0 aromatic heterocycles. The fraction of sp³-hybridized carbons (Fsp3) is 0.533. The largest absolute Gasteiger partial charge is 0.492 e. The van der Waals surface area contributed by atoms with Crippen LogP contribution >= 0.6 is 0 Å². The summed E-state index contributed by atoms with van der Waals surface area (Å²) in [7, 11) is 0. The summed E-state index contributed by atoms with van der Waals surface area (Å²) >= 11 is 0. The van der Waals surface area contributed by atoms with E-state index in [0.29, 0.717) is 25.7 Å². The normalized spacial score (nSPS) is 21.4. The van der Waals surface area contributed by atoms with Crippen LogP contribution < -0.4 is 10.5 Å². The zero-order valence-electron chi connectivity index (χ0n) is 11.0. The summed E-state index contributed by atoms with van der Waals surface area (Å²) in [5.74, 6) is 0.880. The Kier molecular flexibility index (Phi) is 3.42. The van der Waals surface area contributed by atoms with Gasteiger partial charge in [-0.25, -0.2) is 0 Å². The van der Waals surface area contributed by atoms with Crippen LogP contribution in [0.2, 0.25) is 0 Å². The van der Waals surface area contributed by atoms with Gasteiger partial charge < -0.3 is 15.4 Å². The standard InChI is InChI=1S/C15H20N2O2/c16-8-9-17(11-4-3-5-11)15(18)13-10-19-14-7-2-1-6-12(13)14/h1-2,6-7,11,13H,3-5,8-10,16H2. The molecule has 0 radical (unpaired) electrons. The number of nitrogens with two attached hydrogens (primary N) is 1. The van der Waals surface area contributed by atoms with Crippen LogP contribution in [0.5, 0.6) is 5.75 Å². The predicted octanol–water partition coefficient (Wildman–Crippen LogP) is 1.50. The van der Waals surface area contributed by atoms with Crippen LogP contribution in [0.25, 0.3) is 0 Å². The molecule has 1 fully saturated rings. The lowest BCUT2D eigenvalue weighted by molar-refractivity contribution is -0.137. The number of hydrogen-bond donors (Lipinski definition) is 1. The van der Waals surface area contributed by atoms with Gasteiger partial charge in [0.25, 0.3) is 0 Å². The number of fused-ring (bicyclic) bond motifs is 1. The van der Waals surface area contributed by atoms with Gasteiger partial charge in [-0.05, 0) is 25.3 Å². The highest BCUT2D eigenvalue weighted by molar-refractivity contribution is 5.86. The summed E-state index contributed by atoms with van der Waals surface area (Å²) < 4.78 is 5.61. The molecule has 1 saturated carbocycles. The topological polar surface area (TPSA) is 55.6 Å². The van der Waals surface area contributed by atoms with Crippen molar-refractivity contribution in [3.8, 4) is 5.75 Å². The number of benzene rings is 1. The molecule has 102 valence electrons. The third kappa shape index (κ3) is 2.21. The highest BCUT2D eigenvalue weighted by atomic mass is 16.5. The lowest BCUT2D eigenvalue weighted by atomic mass is 9.89. The van der Waals surface area contributed by atoms with Gasteiger partial charge in [0.15, 0.2) is 0 Å². The number of hydrogen-bond acceptors (Lipinski definition) is 3. The molecule has 1 aliphatic heterocycles. The van der Waals surface area contributed by atoms with Gasteiger partial charge in [-0.1, -0.05) is 18.2 Å². The van der Waals surface area contributed by atoms with E-state index in [0.717, 1.165) is 24.2 Å². The van der Waals surface area contributed by atoms with E-state index in [1.165, 1.54) is 6.42 Å². The van der Waals surface area contributed by atoms with E-state index in [9.17, 15) is 4.79 Å². The predicted molar refractivity (Wildman–Crippen MR) is 73.1 cm³/mol. The van der Waals surface area contributed by atoms with Crippen molar-refractivity contribution in [3.05, 3.63) is 29.8 Å². The van der Waals surface area contributed by atoms with Gasteiger partial charge in [-0.3, -0.25) is 4.79 Å². The van der Waals surface area contributed by atoms with Crippen LogP contribution in [0.15, 0.2) is 24.3 Å². The number of amides is 1. The van der Waals surface area contributed by atoms with Gasteiger partial charge in [0.2, 0.25) is 5.91 Å². The molecule has 1 aliphatic carbocycles. The first-order valence-electron chi connectivity index (χ1n) is 7.03. The summed E-state index contributed by atoms with van der Waals surface area (Å²) in [5.41, 5.74) is 6.67. The molecule has 19 heavy (non-hydrogen) atoms. The fourth-order valence-electron chi connectivity index (χ4n) is 2.88. The first kappa shape index (κ1) is 12.5. The van der Waals surface area contributed by atoms with Gasteiger partial charge in [0.05, 0.1) is 0 Å². The highest BCUT2D eigenvalue weighted by Crippen LogP contribution is 2.36. The van der Waals surface area contributed by atoms with E-state index in [1.54, 1.807) is 0 Å². The van der Waals surface area contributed by atoms with E-state index in [4.69, 9.17) is 10.5 Å². The van der Waals surface area contributed by atoms with Crippen molar-refractivity contribution in [2.45, 2.75) is 31.2 Å². The van der Waals surface area contributed by atoms with Crippen molar-refractivity contribution < 1.29 is 9.53 Å². The summed E-state index contributed by atoms with van der Waals surface area (Å²) in [4.78, 5) is 14.7. The zero-order valence-corrected chi connectivity index (χ0v) is 11.0. The maximum absolute atomic E-state index is 12.7. The Labute approximate surface area is 113 Å². The number of nitrogens with zero attached hydrogens (tertiary/aromatic N) is 1. The average molecular weight is 260 g/mol. The Morgan fingerprint density at radius 3 is 2.84 bits per heavy atom. The molecule has 1 unspecified atom stereocenters. The number of ether oxygens (including phenoxy) is 1. The minimum absolute atomic E-state index is 0.150. The molecular formula is C15H20N2O2. The first-order valence-corrected chi connectivity index (χ1v) is 7.03. The monoisotopic (exact) mass is 260 g/mol. The van der Waals surface area contributed by atoms with Crippen LogP contribution in [-0.2, 0) is 4.79 Å². The average Bonchev–Trinajstić information content (AvgIpc) is 2.79. The molecule has 1 aromatic carbocycles. The second-order valence-electron chi connectivity index (χ2n) is 5.31. The van der Waals surface area contributed by atoms with Crippen LogP contribution in [0, 0.1) is 0 Å². The quantitative estimate of drug-likeness (QED) is 0.892. The molecule has 4 heteroatoms. The van der Waals surface area contributed by atoms with E-state index in [2.05, 4.69) is 0 Å². The zero-order chi connectivity index (χ0) is 13.2. The molecule has 0 saturated heterocycles. The van der Waals surface area contributed by atoms with E-state index in [-0.39, 0.29) is 11.8 Å². The number of carbonyl (C=O) groups excluding carboxylic acids is 1. The third-order valence-corrected chi connectivity index (χ3v) is 4.17. The molecule has 3 rings (SSSR count). The molecule has 1 heterocycles. The third-order valence-electron chi connectivity index (χ3n) is 4.17. The van der Waals surface area contributed by atoms with Crippen LogP contribution in [0.3, 0.4) is 0 Å². The second-order valence-corrected chi connectivity index (χ2v) is 5.31. The van der Waals surface area contributed by atoms with Crippen LogP contribution in [0.1, 0.15) is 30.7 Å². The summed E-state index contributed by atoms with van der Waals surface area (Å²) in [5, 5.41) is 0. The molecule has 4 nitrogen and oxygen atoms in total. The van der Waals surface area contributed by atoms with Gasteiger partial charge >= 0.3 is 0 Å². The van der Waals surface area contributed by atoms with Crippen molar-refractivity contribution in [3.63, 3.8) is 0 Å². The molecule has 2 aliphatic rings. The minimum atomic E-state index is -0.150. The van der Waals surface area contributed by atoms with E-state index >= 15 is 0 Å². The van der Waals surface area contributed by atoms with Crippen molar-refractivity contribution >= 4 is 5.91 Å². The molecule has 1 aromatic rings. The SMILES string of the molecule is NCCN(C(=O)C1COc2ccccc21)C1CCC1.